The first-order valence-electron chi connectivity index (χ1n) is 8.65. The summed E-state index contributed by atoms with van der Waals surface area (Å²) in [6.45, 7) is 5.14. The van der Waals surface area contributed by atoms with E-state index in [1.54, 1.807) is 0 Å². The molecule has 0 saturated carbocycles. The molecule has 2 aromatic rings. The molecule has 5 nitrogen and oxygen atoms in total. The zero-order chi connectivity index (χ0) is 18.0. The molecule has 1 amide bonds. The third kappa shape index (κ3) is 4.50. The number of hydrogen-bond acceptors (Lipinski definition) is 3. The van der Waals surface area contributed by atoms with E-state index in [-0.39, 0.29) is 5.91 Å². The van der Waals surface area contributed by atoms with E-state index in [1.807, 2.05) is 49.1 Å². The van der Waals surface area contributed by atoms with Gasteiger partial charge in [-0.15, -0.1) is 0 Å². The molecule has 0 bridgehead atoms. The number of likely N-dealkylation sites (tertiary alicyclic amines) is 1. The molecule has 0 radical (unpaired) electrons. The summed E-state index contributed by atoms with van der Waals surface area (Å²) in [7, 11) is 0. The van der Waals surface area contributed by atoms with E-state index in [0.717, 1.165) is 48.1 Å². The monoisotopic (exact) mass is 405 g/mol. The van der Waals surface area contributed by atoms with Gasteiger partial charge in [0, 0.05) is 23.1 Å². The summed E-state index contributed by atoms with van der Waals surface area (Å²) in [5.74, 6) is 0.467. The predicted octanol–water partition coefficient (Wildman–Crippen LogP) is 3.85. The minimum absolute atomic E-state index is 0.00693. The standard InChI is InChI=1S/C19H24BrN3O2/c1-19(2,25)12-13-7-9-23(10-8-13)18(24)17-11-16(21-22-17)14-5-3-4-6-15(14)20/h3-6,11,13,25H,7-10,12H2,1-2H3,(H,21,22). The Hall–Kier alpha value is -1.66. The molecular formula is C19H24BrN3O2. The highest BCUT2D eigenvalue weighted by Crippen LogP contribution is 2.29. The van der Waals surface area contributed by atoms with Gasteiger partial charge in [0.25, 0.3) is 5.91 Å². The predicted molar refractivity (Wildman–Crippen MR) is 101 cm³/mol. The molecule has 1 saturated heterocycles. The van der Waals surface area contributed by atoms with Crippen LogP contribution in [0.25, 0.3) is 11.3 Å². The Morgan fingerprint density at radius 3 is 2.68 bits per heavy atom. The molecule has 2 heterocycles. The molecule has 1 aromatic carbocycles. The van der Waals surface area contributed by atoms with Gasteiger partial charge in [-0.05, 0) is 51.2 Å². The van der Waals surface area contributed by atoms with Crippen LogP contribution in [-0.2, 0) is 0 Å². The summed E-state index contributed by atoms with van der Waals surface area (Å²) in [6, 6.07) is 9.63. The normalized spacial score (nSPS) is 16.2. The second-order valence-corrected chi connectivity index (χ2v) is 8.25. The number of aromatic amines is 1. The largest absolute Gasteiger partial charge is 0.390 e. The minimum atomic E-state index is -0.641. The summed E-state index contributed by atoms with van der Waals surface area (Å²) in [4.78, 5) is 14.6. The molecule has 1 aliphatic heterocycles. The summed E-state index contributed by atoms with van der Waals surface area (Å²) in [5.41, 5.74) is 1.60. The number of amides is 1. The van der Waals surface area contributed by atoms with Crippen molar-refractivity contribution in [2.24, 2.45) is 5.92 Å². The van der Waals surface area contributed by atoms with Gasteiger partial charge in [0.2, 0.25) is 0 Å². The maximum atomic E-state index is 12.7. The van der Waals surface area contributed by atoms with Crippen molar-refractivity contribution in [2.75, 3.05) is 13.1 Å². The fourth-order valence-corrected chi connectivity index (χ4v) is 3.94. The Balaban J connectivity index is 1.64. The fourth-order valence-electron chi connectivity index (χ4n) is 3.46. The highest BCUT2D eigenvalue weighted by molar-refractivity contribution is 9.10. The Bertz CT molecular complexity index is 743. The van der Waals surface area contributed by atoms with Gasteiger partial charge in [-0.2, -0.15) is 5.10 Å². The number of nitrogens with one attached hydrogen (secondary N) is 1. The average Bonchev–Trinajstić information content (AvgIpc) is 3.03. The molecule has 25 heavy (non-hydrogen) atoms. The summed E-state index contributed by atoms with van der Waals surface area (Å²) in [5, 5.41) is 17.1. The zero-order valence-electron chi connectivity index (χ0n) is 14.6. The van der Waals surface area contributed by atoms with Crippen LogP contribution in [0, 0.1) is 5.92 Å². The van der Waals surface area contributed by atoms with Crippen LogP contribution in [0.5, 0.6) is 0 Å². The first-order valence-corrected chi connectivity index (χ1v) is 9.45. The molecule has 0 unspecified atom stereocenters. The van der Waals surface area contributed by atoms with Crippen LogP contribution in [0.15, 0.2) is 34.8 Å². The van der Waals surface area contributed by atoms with Gasteiger partial charge in [0.1, 0.15) is 5.69 Å². The zero-order valence-corrected chi connectivity index (χ0v) is 16.2. The lowest BCUT2D eigenvalue weighted by atomic mass is 9.86. The quantitative estimate of drug-likeness (QED) is 0.811. The van der Waals surface area contributed by atoms with Crippen molar-refractivity contribution >= 4 is 21.8 Å². The number of halogens is 1. The number of aromatic nitrogens is 2. The molecule has 1 fully saturated rings. The average molecular weight is 406 g/mol. The maximum Gasteiger partial charge on any atom is 0.271 e. The number of carbonyl (C=O) groups excluding carboxylic acids is 1. The van der Waals surface area contributed by atoms with Crippen molar-refractivity contribution in [3.05, 3.63) is 40.5 Å². The van der Waals surface area contributed by atoms with E-state index in [1.165, 1.54) is 0 Å². The first kappa shape index (κ1) is 18.1. The van der Waals surface area contributed by atoms with Gasteiger partial charge < -0.3 is 10.0 Å². The molecule has 1 aliphatic rings. The maximum absolute atomic E-state index is 12.7. The molecule has 2 N–H and O–H groups in total. The van der Waals surface area contributed by atoms with Gasteiger partial charge in [-0.3, -0.25) is 9.89 Å². The number of benzene rings is 1. The molecule has 3 rings (SSSR count). The molecule has 0 atom stereocenters. The van der Waals surface area contributed by atoms with Crippen LogP contribution in [0.3, 0.4) is 0 Å². The van der Waals surface area contributed by atoms with E-state index >= 15 is 0 Å². The van der Waals surface area contributed by atoms with E-state index in [9.17, 15) is 9.90 Å². The van der Waals surface area contributed by atoms with Crippen molar-refractivity contribution in [3.63, 3.8) is 0 Å². The molecule has 0 spiro atoms. The number of piperidine rings is 1. The summed E-state index contributed by atoms with van der Waals surface area (Å²) >= 11 is 3.52. The van der Waals surface area contributed by atoms with Gasteiger partial charge in [-0.25, -0.2) is 0 Å². The number of rotatable bonds is 4. The Labute approximate surface area is 156 Å². The van der Waals surface area contributed by atoms with Gasteiger partial charge in [0.15, 0.2) is 0 Å². The minimum Gasteiger partial charge on any atom is -0.390 e. The lowest BCUT2D eigenvalue weighted by Gasteiger charge is -2.34. The van der Waals surface area contributed by atoms with E-state index < -0.39 is 5.60 Å². The summed E-state index contributed by atoms with van der Waals surface area (Å²) in [6.07, 6.45) is 2.65. The van der Waals surface area contributed by atoms with Crippen molar-refractivity contribution in [2.45, 2.75) is 38.7 Å². The molecule has 1 aromatic heterocycles. The molecule has 6 heteroatoms. The number of H-pyrrole nitrogens is 1. The van der Waals surface area contributed by atoms with Gasteiger partial charge >= 0.3 is 0 Å². The lowest BCUT2D eigenvalue weighted by Crippen LogP contribution is -2.40. The molecule has 134 valence electrons. The topological polar surface area (TPSA) is 69.2 Å². The Morgan fingerprint density at radius 1 is 1.36 bits per heavy atom. The van der Waals surface area contributed by atoms with Crippen LogP contribution >= 0.6 is 15.9 Å². The SMILES string of the molecule is CC(C)(O)CC1CCN(C(=O)c2cc(-c3ccccc3Br)n[nH]2)CC1. The van der Waals surface area contributed by atoms with Crippen LogP contribution in [0.1, 0.15) is 43.6 Å². The van der Waals surface area contributed by atoms with Crippen LogP contribution in [0.4, 0.5) is 0 Å². The van der Waals surface area contributed by atoms with Crippen LogP contribution < -0.4 is 0 Å². The lowest BCUT2D eigenvalue weighted by molar-refractivity contribution is 0.0357. The van der Waals surface area contributed by atoms with Gasteiger partial charge in [0.05, 0.1) is 11.3 Å². The Kier molecular flexibility index (Phi) is 5.29. The van der Waals surface area contributed by atoms with Gasteiger partial charge in [-0.1, -0.05) is 34.1 Å². The van der Waals surface area contributed by atoms with Crippen molar-refractivity contribution in [1.29, 1.82) is 0 Å². The van der Waals surface area contributed by atoms with E-state index in [2.05, 4.69) is 26.1 Å². The third-order valence-corrected chi connectivity index (χ3v) is 5.34. The van der Waals surface area contributed by atoms with Crippen molar-refractivity contribution < 1.29 is 9.90 Å². The second-order valence-electron chi connectivity index (χ2n) is 7.40. The van der Waals surface area contributed by atoms with E-state index in [4.69, 9.17) is 0 Å². The van der Waals surface area contributed by atoms with Crippen LogP contribution in [0.2, 0.25) is 0 Å². The smallest absolute Gasteiger partial charge is 0.271 e. The van der Waals surface area contributed by atoms with Crippen LogP contribution in [-0.4, -0.2) is 44.8 Å². The second kappa shape index (κ2) is 7.30. The van der Waals surface area contributed by atoms with E-state index in [0.29, 0.717) is 11.6 Å². The first-order chi connectivity index (χ1) is 11.8. The number of aliphatic hydroxyl groups is 1. The number of hydrogen-bond donors (Lipinski definition) is 2. The fraction of sp³-hybridized carbons (Fsp3) is 0.474. The number of nitrogens with zero attached hydrogens (tertiary/aromatic N) is 2. The third-order valence-electron chi connectivity index (χ3n) is 4.65. The molecular weight excluding hydrogens is 382 g/mol. The highest BCUT2D eigenvalue weighted by atomic mass is 79.9. The number of carbonyl (C=O) groups is 1. The van der Waals surface area contributed by atoms with Crippen molar-refractivity contribution in [1.82, 2.24) is 15.1 Å². The Morgan fingerprint density at radius 2 is 2.04 bits per heavy atom. The highest BCUT2D eigenvalue weighted by Gasteiger charge is 2.28. The summed E-state index contributed by atoms with van der Waals surface area (Å²) < 4.78 is 0.952. The van der Waals surface area contributed by atoms with Crippen molar-refractivity contribution in [3.8, 4) is 11.3 Å². The molecule has 0 aliphatic carbocycles.